The van der Waals surface area contributed by atoms with Crippen LogP contribution in [-0.4, -0.2) is 11.6 Å². The number of benzene rings is 4. The van der Waals surface area contributed by atoms with Crippen molar-refractivity contribution in [2.75, 3.05) is 0 Å². The number of rotatable bonds is 0. The van der Waals surface area contributed by atoms with Crippen LogP contribution >= 0.6 is 0 Å². The van der Waals surface area contributed by atoms with Crippen molar-refractivity contribution in [2.45, 2.75) is 6.42 Å². The van der Waals surface area contributed by atoms with E-state index >= 15 is 0 Å². The predicted octanol–water partition coefficient (Wildman–Crippen LogP) is 5.68. The molecular formula is C27H14O2. The number of fused-ring (bicyclic) bond motifs is 9. The van der Waals surface area contributed by atoms with E-state index in [1.165, 1.54) is 11.1 Å². The van der Waals surface area contributed by atoms with Gasteiger partial charge in [-0.05, 0) is 75.2 Å². The molecule has 134 valence electrons. The van der Waals surface area contributed by atoms with E-state index in [0.29, 0.717) is 0 Å². The van der Waals surface area contributed by atoms with Gasteiger partial charge in [-0.25, -0.2) is 0 Å². The number of hydrogen-bond acceptors (Lipinski definition) is 2. The Kier molecular flexibility index (Phi) is 2.61. The molecule has 0 spiro atoms. The highest BCUT2D eigenvalue weighted by atomic mass is 16.1. The van der Waals surface area contributed by atoms with Crippen molar-refractivity contribution in [1.29, 1.82) is 0 Å². The first-order valence-electron chi connectivity index (χ1n) is 9.83. The maximum Gasteiger partial charge on any atom is 0.194 e. The summed E-state index contributed by atoms with van der Waals surface area (Å²) in [5.74, 6) is 0.188. The molecule has 0 aliphatic heterocycles. The van der Waals surface area contributed by atoms with Gasteiger partial charge in [0.25, 0.3) is 0 Å². The topological polar surface area (TPSA) is 34.1 Å². The highest BCUT2D eigenvalue weighted by Crippen LogP contribution is 2.47. The molecule has 2 nitrogen and oxygen atoms in total. The average molecular weight is 370 g/mol. The lowest BCUT2D eigenvalue weighted by atomic mass is 9.96. The Bertz CT molecular complexity index is 1340. The van der Waals surface area contributed by atoms with Gasteiger partial charge in [-0.2, -0.15) is 0 Å². The maximum atomic E-state index is 12.9. The summed E-state index contributed by atoms with van der Waals surface area (Å²) < 4.78 is 0. The third kappa shape index (κ3) is 1.77. The van der Waals surface area contributed by atoms with Gasteiger partial charge in [0.05, 0.1) is 0 Å². The van der Waals surface area contributed by atoms with E-state index in [0.717, 1.165) is 62.1 Å². The summed E-state index contributed by atoms with van der Waals surface area (Å²) in [6.45, 7) is 0. The van der Waals surface area contributed by atoms with Crippen LogP contribution in [0.5, 0.6) is 0 Å². The van der Waals surface area contributed by atoms with E-state index in [1.807, 2.05) is 60.7 Å². The van der Waals surface area contributed by atoms with Gasteiger partial charge >= 0.3 is 0 Å². The first-order valence-corrected chi connectivity index (χ1v) is 9.83. The Morgan fingerprint density at radius 1 is 0.414 bits per heavy atom. The van der Waals surface area contributed by atoms with Crippen molar-refractivity contribution in [3.05, 3.63) is 106 Å². The van der Waals surface area contributed by atoms with Gasteiger partial charge in [0.1, 0.15) is 0 Å². The largest absolute Gasteiger partial charge is 0.289 e. The lowest BCUT2D eigenvalue weighted by Gasteiger charge is -2.07. The molecule has 0 aromatic heterocycles. The molecule has 0 amide bonds. The Balaban J connectivity index is 1.44. The minimum Gasteiger partial charge on any atom is -0.289 e. The van der Waals surface area contributed by atoms with E-state index in [-0.39, 0.29) is 11.6 Å². The molecule has 3 aliphatic rings. The quantitative estimate of drug-likeness (QED) is 0.344. The fourth-order valence-corrected chi connectivity index (χ4v) is 5.23. The van der Waals surface area contributed by atoms with E-state index in [9.17, 15) is 9.59 Å². The number of hydrogen-bond donors (Lipinski definition) is 0. The Hall–Kier alpha value is -3.78. The molecule has 0 N–H and O–H groups in total. The highest BCUT2D eigenvalue weighted by Gasteiger charge is 2.33. The fourth-order valence-electron chi connectivity index (χ4n) is 5.23. The van der Waals surface area contributed by atoms with Crippen LogP contribution in [0.1, 0.15) is 43.0 Å². The van der Waals surface area contributed by atoms with Gasteiger partial charge in [0.2, 0.25) is 0 Å². The lowest BCUT2D eigenvalue weighted by Crippen LogP contribution is -1.96. The van der Waals surface area contributed by atoms with Crippen molar-refractivity contribution in [1.82, 2.24) is 0 Å². The van der Waals surface area contributed by atoms with Crippen LogP contribution < -0.4 is 0 Å². The Morgan fingerprint density at radius 3 is 1.28 bits per heavy atom. The Labute approximate surface area is 167 Å². The van der Waals surface area contributed by atoms with Crippen LogP contribution in [0.15, 0.2) is 72.8 Å². The second-order valence-electron chi connectivity index (χ2n) is 8.04. The molecule has 0 saturated carbocycles. The molecule has 0 atom stereocenters. The van der Waals surface area contributed by atoms with Crippen LogP contribution in [0.25, 0.3) is 33.4 Å². The predicted molar refractivity (Wildman–Crippen MR) is 112 cm³/mol. The van der Waals surface area contributed by atoms with Crippen LogP contribution in [0.4, 0.5) is 0 Å². The van der Waals surface area contributed by atoms with Crippen molar-refractivity contribution in [3.63, 3.8) is 0 Å². The zero-order valence-corrected chi connectivity index (χ0v) is 15.5. The summed E-state index contributed by atoms with van der Waals surface area (Å²) >= 11 is 0. The standard InChI is InChI=1S/C27H14O2/c28-26-18-7-3-1-5-16(18)22-10-14-9-15-11-23-17-6-2-4-8-19(17)27(29)25(23)13-21(15)20(14)12-24(22)26/h1-8,10-13H,9H2. The molecule has 0 fully saturated rings. The number of ketones is 2. The van der Waals surface area contributed by atoms with Crippen LogP contribution in [0.3, 0.4) is 0 Å². The fraction of sp³-hybridized carbons (Fsp3) is 0.0370. The molecule has 0 unspecified atom stereocenters. The molecule has 0 radical (unpaired) electrons. The molecule has 0 bridgehead atoms. The van der Waals surface area contributed by atoms with Crippen LogP contribution in [0.2, 0.25) is 0 Å². The van der Waals surface area contributed by atoms with Gasteiger partial charge in [-0.15, -0.1) is 0 Å². The summed E-state index contributed by atoms with van der Waals surface area (Å²) in [5, 5.41) is 0. The van der Waals surface area contributed by atoms with E-state index < -0.39 is 0 Å². The first-order chi connectivity index (χ1) is 14.2. The summed E-state index contributed by atoms with van der Waals surface area (Å²) in [7, 11) is 0. The molecule has 7 rings (SSSR count). The third-order valence-corrected chi connectivity index (χ3v) is 6.57. The lowest BCUT2D eigenvalue weighted by molar-refractivity contribution is 0.103. The zero-order chi connectivity index (χ0) is 19.3. The van der Waals surface area contributed by atoms with Gasteiger partial charge in [-0.1, -0.05) is 48.5 Å². The summed E-state index contributed by atoms with van der Waals surface area (Å²) in [6.07, 6.45) is 0.831. The van der Waals surface area contributed by atoms with Crippen LogP contribution in [0, 0.1) is 0 Å². The van der Waals surface area contributed by atoms with Crippen LogP contribution in [-0.2, 0) is 6.42 Å². The van der Waals surface area contributed by atoms with Gasteiger partial charge in [0, 0.05) is 22.3 Å². The second-order valence-corrected chi connectivity index (χ2v) is 8.04. The van der Waals surface area contributed by atoms with Gasteiger partial charge in [0.15, 0.2) is 11.6 Å². The minimum absolute atomic E-state index is 0.0940. The zero-order valence-electron chi connectivity index (χ0n) is 15.5. The van der Waals surface area contributed by atoms with Crippen molar-refractivity contribution in [3.8, 4) is 33.4 Å². The van der Waals surface area contributed by atoms with E-state index in [1.54, 1.807) is 0 Å². The maximum absolute atomic E-state index is 12.9. The van der Waals surface area contributed by atoms with E-state index in [4.69, 9.17) is 0 Å². The van der Waals surface area contributed by atoms with Crippen molar-refractivity contribution >= 4 is 11.6 Å². The van der Waals surface area contributed by atoms with Crippen molar-refractivity contribution < 1.29 is 9.59 Å². The van der Waals surface area contributed by atoms with E-state index in [2.05, 4.69) is 12.1 Å². The summed E-state index contributed by atoms with van der Waals surface area (Å²) in [6, 6.07) is 24.1. The molecule has 4 aromatic carbocycles. The molecule has 0 saturated heterocycles. The molecule has 29 heavy (non-hydrogen) atoms. The normalized spacial score (nSPS) is 14.2. The molecule has 4 aromatic rings. The average Bonchev–Trinajstić information content (AvgIpc) is 3.35. The minimum atomic E-state index is 0.0940. The Morgan fingerprint density at radius 2 is 0.828 bits per heavy atom. The number of carbonyl (C=O) groups is 2. The second kappa shape index (κ2) is 4.98. The highest BCUT2D eigenvalue weighted by molar-refractivity contribution is 6.24. The summed E-state index contributed by atoms with van der Waals surface area (Å²) in [5.41, 5.74) is 11.9. The SMILES string of the molecule is O=C1c2ccccc2-c2cc3c(cc21)-c1cc2c(cc1C3)-c1ccccc1C2=O. The molecule has 2 heteroatoms. The molecule has 0 heterocycles. The number of carbonyl (C=O) groups excluding carboxylic acids is 2. The molecule has 3 aliphatic carbocycles. The first kappa shape index (κ1) is 15.2. The van der Waals surface area contributed by atoms with Gasteiger partial charge in [-0.3, -0.25) is 9.59 Å². The summed E-state index contributed by atoms with van der Waals surface area (Å²) in [4.78, 5) is 25.9. The van der Waals surface area contributed by atoms with Crippen molar-refractivity contribution in [2.24, 2.45) is 0 Å². The smallest absolute Gasteiger partial charge is 0.194 e. The molecular weight excluding hydrogens is 356 g/mol. The van der Waals surface area contributed by atoms with Gasteiger partial charge < -0.3 is 0 Å². The monoisotopic (exact) mass is 370 g/mol. The third-order valence-electron chi connectivity index (χ3n) is 6.57.